The fourth-order valence-corrected chi connectivity index (χ4v) is 9.37. The minimum atomic E-state index is -1.15. The van der Waals surface area contributed by atoms with Gasteiger partial charge in [0.25, 0.3) is 11.8 Å². The molecule has 0 bridgehead atoms. The van der Waals surface area contributed by atoms with E-state index in [2.05, 4.69) is 46.2 Å². The molecule has 4 heterocycles. The second-order valence-electron chi connectivity index (χ2n) is 16.0. The molecule has 0 spiro atoms. The molecule has 2 saturated heterocycles. The van der Waals surface area contributed by atoms with Gasteiger partial charge in [0.05, 0.1) is 30.5 Å². The number of benzene rings is 4. The molecule has 4 aliphatic rings. The molecule has 2 N–H and O–H groups in total. The molecule has 4 aromatic rings. The number of methoxy groups -OCH3 is 1. The lowest BCUT2D eigenvalue weighted by atomic mass is 9.76. The number of piperazine rings is 1. The summed E-state index contributed by atoms with van der Waals surface area (Å²) in [6, 6.07) is 23.8. The van der Waals surface area contributed by atoms with E-state index in [0.29, 0.717) is 37.8 Å². The second kappa shape index (κ2) is 17.1. The summed E-state index contributed by atoms with van der Waals surface area (Å²) in [6.07, 6.45) is 3.03. The van der Waals surface area contributed by atoms with Gasteiger partial charge in [-0.15, -0.1) is 0 Å². The number of ether oxygens (including phenoxy) is 2. The Labute approximate surface area is 343 Å². The van der Waals surface area contributed by atoms with Crippen LogP contribution < -0.4 is 24.6 Å². The van der Waals surface area contributed by atoms with Crippen LogP contribution in [0.25, 0.3) is 0 Å². The normalized spacial score (nSPS) is 20.2. The van der Waals surface area contributed by atoms with Crippen molar-refractivity contribution in [2.45, 2.75) is 50.5 Å². The van der Waals surface area contributed by atoms with Crippen LogP contribution in [0.5, 0.6) is 17.2 Å². The molecule has 13 heteroatoms. The zero-order valence-electron chi connectivity index (χ0n) is 33.4. The van der Waals surface area contributed by atoms with Gasteiger partial charge in [0.15, 0.2) is 0 Å². The molecule has 4 aliphatic heterocycles. The summed E-state index contributed by atoms with van der Waals surface area (Å²) in [5, 5.41) is 12.2. The predicted octanol–water partition coefficient (Wildman–Crippen LogP) is 5.92. The summed E-state index contributed by atoms with van der Waals surface area (Å²) < 4.78 is 27.3. The smallest absolute Gasteiger partial charge is 0.262 e. The first-order chi connectivity index (χ1) is 28.7. The van der Waals surface area contributed by atoms with E-state index >= 15 is 4.39 Å². The summed E-state index contributed by atoms with van der Waals surface area (Å²) >= 11 is 0. The molecule has 0 radical (unpaired) electrons. The highest BCUT2D eigenvalue weighted by atomic mass is 19.1. The van der Waals surface area contributed by atoms with E-state index in [1.165, 1.54) is 17.3 Å². The Morgan fingerprint density at radius 2 is 1.64 bits per heavy atom. The van der Waals surface area contributed by atoms with Gasteiger partial charge in [0.1, 0.15) is 29.1 Å². The van der Waals surface area contributed by atoms with Crippen molar-refractivity contribution in [2.24, 2.45) is 5.92 Å². The van der Waals surface area contributed by atoms with Crippen molar-refractivity contribution in [3.8, 4) is 17.2 Å². The largest absolute Gasteiger partial charge is 0.508 e. The number of aromatic hydroxyl groups is 1. The molecule has 4 aromatic carbocycles. The van der Waals surface area contributed by atoms with Crippen LogP contribution in [-0.4, -0.2) is 105 Å². The Hall–Kier alpha value is -5.95. The number of anilines is 2. The second-order valence-corrected chi connectivity index (χ2v) is 16.0. The van der Waals surface area contributed by atoms with Crippen LogP contribution >= 0.6 is 0 Å². The number of nitrogens with zero attached hydrogens (tertiary/aromatic N) is 4. The van der Waals surface area contributed by atoms with Gasteiger partial charge < -0.3 is 24.4 Å². The minimum absolute atomic E-state index is 0.0379. The third-order valence-electron chi connectivity index (χ3n) is 12.5. The first-order valence-corrected chi connectivity index (χ1v) is 20.5. The molecular weight excluding hydrogens is 754 g/mol. The average molecular weight is 804 g/mol. The summed E-state index contributed by atoms with van der Waals surface area (Å²) in [6.45, 7) is 7.79. The van der Waals surface area contributed by atoms with Crippen LogP contribution in [-0.2, 0) is 9.59 Å². The number of phenols is 1. The Morgan fingerprint density at radius 3 is 2.34 bits per heavy atom. The number of phenolic OH excluding ortho intramolecular Hbond substituents is 1. The molecule has 4 amide bonds. The third-order valence-corrected chi connectivity index (χ3v) is 12.5. The monoisotopic (exact) mass is 803 g/mol. The van der Waals surface area contributed by atoms with Gasteiger partial charge in [0.2, 0.25) is 12.3 Å². The zero-order chi connectivity index (χ0) is 41.2. The van der Waals surface area contributed by atoms with Crippen molar-refractivity contribution < 1.29 is 38.1 Å². The lowest BCUT2D eigenvalue weighted by Gasteiger charge is -2.40. The number of imide groups is 2. The van der Waals surface area contributed by atoms with Crippen molar-refractivity contribution >= 4 is 35.5 Å². The molecule has 0 saturated carbocycles. The maximum atomic E-state index is 15.5. The number of fused-ring (bicyclic) bond motifs is 2. The Bertz CT molecular complexity index is 2220. The van der Waals surface area contributed by atoms with Gasteiger partial charge in [-0.2, -0.15) is 0 Å². The van der Waals surface area contributed by atoms with E-state index in [1.807, 2.05) is 35.3 Å². The lowest BCUT2D eigenvalue weighted by Crippen LogP contribution is -2.49. The fraction of sp³-hybridized carbons (Fsp3) is 0.391. The molecule has 12 nitrogen and oxygen atoms in total. The van der Waals surface area contributed by atoms with E-state index in [0.717, 1.165) is 73.4 Å². The van der Waals surface area contributed by atoms with E-state index in [1.54, 1.807) is 19.2 Å². The summed E-state index contributed by atoms with van der Waals surface area (Å²) in [5.74, 6) is -0.377. The molecule has 308 valence electrons. The highest BCUT2D eigenvalue weighted by molar-refractivity contribution is 6.23. The maximum absolute atomic E-state index is 15.5. The van der Waals surface area contributed by atoms with Crippen molar-refractivity contribution in [1.82, 2.24) is 15.1 Å². The number of nitrogens with one attached hydrogen (secondary N) is 1. The number of halogens is 1. The molecule has 2 fully saturated rings. The highest BCUT2D eigenvalue weighted by Crippen LogP contribution is 2.47. The molecule has 8 rings (SSSR count). The highest BCUT2D eigenvalue weighted by Gasteiger charge is 2.43. The van der Waals surface area contributed by atoms with E-state index < -0.39 is 29.6 Å². The Kier molecular flexibility index (Phi) is 11.6. The first kappa shape index (κ1) is 39.9. The number of rotatable bonds is 12. The number of carbonyl (C=O) groups is 4. The number of carbonyl (C=O) groups excluding carboxylic acids is 4. The van der Waals surface area contributed by atoms with Gasteiger partial charge in [-0.05, 0) is 78.8 Å². The third kappa shape index (κ3) is 7.95. The lowest BCUT2D eigenvalue weighted by molar-refractivity contribution is -0.128. The summed E-state index contributed by atoms with van der Waals surface area (Å²) in [5.41, 5.74) is 4.85. The van der Waals surface area contributed by atoms with Crippen LogP contribution in [0.15, 0.2) is 78.9 Å². The Morgan fingerprint density at radius 1 is 0.915 bits per heavy atom. The van der Waals surface area contributed by atoms with Gasteiger partial charge in [-0.1, -0.05) is 43.7 Å². The minimum Gasteiger partial charge on any atom is -0.508 e. The summed E-state index contributed by atoms with van der Waals surface area (Å²) in [7, 11) is 1.68. The first-order valence-electron chi connectivity index (χ1n) is 20.5. The molecule has 0 aromatic heterocycles. The fourth-order valence-electron chi connectivity index (χ4n) is 9.37. The predicted molar refractivity (Wildman–Crippen MR) is 221 cm³/mol. The van der Waals surface area contributed by atoms with Gasteiger partial charge in [0, 0.05) is 75.0 Å². The Balaban J connectivity index is 0.870. The maximum Gasteiger partial charge on any atom is 0.262 e. The van der Waals surface area contributed by atoms with Crippen molar-refractivity contribution in [3.05, 3.63) is 112 Å². The van der Waals surface area contributed by atoms with Crippen LogP contribution in [0.1, 0.15) is 81.8 Å². The van der Waals surface area contributed by atoms with Crippen LogP contribution in [0.3, 0.4) is 0 Å². The topological polar surface area (TPSA) is 132 Å². The number of amides is 4. The number of hydrogen-bond acceptors (Lipinski definition) is 10. The SMILES string of the molecule is CCCC(C(=O)NC=O)N1C(=O)c2cc(F)c(N3CCN(CC4CCN(c5ccc(C6c7ccc(O)cc7OCC6c6cccc(OC)c6)cc5)CC4)CC3)cc2C1=O. The van der Waals surface area contributed by atoms with Crippen LogP contribution in [0, 0.1) is 11.7 Å². The molecule has 59 heavy (non-hydrogen) atoms. The molecule has 0 aliphatic carbocycles. The quantitative estimate of drug-likeness (QED) is 0.131. The van der Waals surface area contributed by atoms with Gasteiger partial charge in [-0.3, -0.25) is 34.3 Å². The van der Waals surface area contributed by atoms with Gasteiger partial charge in [-0.25, -0.2) is 4.39 Å². The molecular formula is C46H50FN5O7. The van der Waals surface area contributed by atoms with Crippen molar-refractivity contribution in [3.63, 3.8) is 0 Å². The molecule has 3 unspecified atom stereocenters. The van der Waals surface area contributed by atoms with Crippen molar-refractivity contribution in [1.29, 1.82) is 0 Å². The van der Waals surface area contributed by atoms with E-state index in [4.69, 9.17) is 9.47 Å². The molecule has 3 atom stereocenters. The number of piperidine rings is 1. The van der Waals surface area contributed by atoms with Gasteiger partial charge >= 0.3 is 0 Å². The average Bonchev–Trinajstić information content (AvgIpc) is 3.49. The van der Waals surface area contributed by atoms with E-state index in [9.17, 15) is 24.3 Å². The number of hydrogen-bond donors (Lipinski definition) is 2. The van der Waals surface area contributed by atoms with Crippen molar-refractivity contribution in [2.75, 3.05) is 69.3 Å². The van der Waals surface area contributed by atoms with Crippen LogP contribution in [0.4, 0.5) is 15.8 Å². The standard InChI is InChI=1S/C46H50FN5O7/c1-3-5-40(44(55)48-28-53)52-45(56)36-24-39(47)41(25-37(36)46(52)57)51-20-18-49(19-21-51)26-29-14-16-50(17-15-29)32-10-8-30(9-11-32)43-35-13-12-33(54)23-42(35)59-27-38(43)31-6-4-7-34(22-31)58-2/h4,6-13,22-25,28-29,38,40,43,54H,3,5,14-21,26-27H2,1-2H3,(H,48,53,55). The van der Waals surface area contributed by atoms with Crippen LogP contribution in [0.2, 0.25) is 0 Å². The zero-order valence-corrected chi connectivity index (χ0v) is 33.4. The summed E-state index contributed by atoms with van der Waals surface area (Å²) in [4.78, 5) is 57.8. The van der Waals surface area contributed by atoms with E-state index in [-0.39, 0.29) is 47.2 Å².